The molecular formula is C15H18ClN3O2. The fourth-order valence-electron chi connectivity index (χ4n) is 2.08. The number of aryl methyl sites for hydroxylation is 1. The Labute approximate surface area is 128 Å². The van der Waals surface area contributed by atoms with Gasteiger partial charge in [-0.2, -0.15) is 0 Å². The van der Waals surface area contributed by atoms with Crippen LogP contribution in [0.25, 0.3) is 0 Å². The molecule has 0 aliphatic heterocycles. The minimum absolute atomic E-state index is 0.397. The SMILES string of the molecule is CCCn1ccnc1CNc1cc(Cl)ccc1C(=O)OC. The maximum Gasteiger partial charge on any atom is 0.339 e. The first-order chi connectivity index (χ1) is 10.2. The maximum atomic E-state index is 11.8. The van der Waals surface area contributed by atoms with Gasteiger partial charge in [0.2, 0.25) is 0 Å². The van der Waals surface area contributed by atoms with Gasteiger partial charge >= 0.3 is 5.97 Å². The van der Waals surface area contributed by atoms with Crippen molar-refractivity contribution in [1.82, 2.24) is 9.55 Å². The molecule has 0 aliphatic rings. The van der Waals surface area contributed by atoms with Crippen LogP contribution < -0.4 is 5.32 Å². The van der Waals surface area contributed by atoms with Gasteiger partial charge in [-0.3, -0.25) is 0 Å². The number of nitrogens with zero attached hydrogens (tertiary/aromatic N) is 2. The first-order valence-electron chi connectivity index (χ1n) is 6.77. The molecule has 0 radical (unpaired) electrons. The lowest BCUT2D eigenvalue weighted by Crippen LogP contribution is -2.11. The number of carbonyl (C=O) groups excluding carboxylic acids is 1. The molecule has 2 aromatic rings. The van der Waals surface area contributed by atoms with E-state index in [0.717, 1.165) is 18.8 Å². The maximum absolute atomic E-state index is 11.8. The fourth-order valence-corrected chi connectivity index (χ4v) is 2.25. The number of benzene rings is 1. The number of esters is 1. The van der Waals surface area contributed by atoms with E-state index < -0.39 is 5.97 Å². The van der Waals surface area contributed by atoms with Crippen LogP contribution in [0.4, 0.5) is 5.69 Å². The van der Waals surface area contributed by atoms with Gasteiger partial charge in [0.1, 0.15) is 5.82 Å². The largest absolute Gasteiger partial charge is 0.465 e. The summed E-state index contributed by atoms with van der Waals surface area (Å²) in [7, 11) is 1.36. The van der Waals surface area contributed by atoms with E-state index in [-0.39, 0.29) is 0 Å². The van der Waals surface area contributed by atoms with Crippen molar-refractivity contribution in [3.63, 3.8) is 0 Å². The van der Waals surface area contributed by atoms with Crippen LogP contribution in [0.1, 0.15) is 29.5 Å². The Hall–Kier alpha value is -2.01. The van der Waals surface area contributed by atoms with Gasteiger partial charge in [0.15, 0.2) is 0 Å². The highest BCUT2D eigenvalue weighted by molar-refractivity contribution is 6.31. The predicted octanol–water partition coefficient (Wildman–Crippen LogP) is 3.35. The lowest BCUT2D eigenvalue weighted by Gasteiger charge is -2.12. The number of methoxy groups -OCH3 is 1. The van der Waals surface area contributed by atoms with Crippen molar-refractivity contribution in [3.05, 3.63) is 47.0 Å². The van der Waals surface area contributed by atoms with Gasteiger partial charge < -0.3 is 14.6 Å². The Morgan fingerprint density at radius 3 is 3.00 bits per heavy atom. The Morgan fingerprint density at radius 2 is 2.29 bits per heavy atom. The van der Waals surface area contributed by atoms with Gasteiger partial charge in [0.05, 0.1) is 24.9 Å². The second-order valence-electron chi connectivity index (χ2n) is 4.57. The smallest absolute Gasteiger partial charge is 0.339 e. The Bertz CT molecular complexity index is 625. The second kappa shape index (κ2) is 7.13. The summed E-state index contributed by atoms with van der Waals surface area (Å²) >= 11 is 5.99. The number of carbonyl (C=O) groups is 1. The quantitative estimate of drug-likeness (QED) is 0.832. The van der Waals surface area contributed by atoms with Crippen LogP contribution in [0.2, 0.25) is 5.02 Å². The zero-order valence-electron chi connectivity index (χ0n) is 12.1. The van der Waals surface area contributed by atoms with E-state index in [0.29, 0.717) is 22.8 Å². The fraction of sp³-hybridized carbons (Fsp3) is 0.333. The molecule has 112 valence electrons. The molecule has 1 N–H and O–H groups in total. The van der Waals surface area contributed by atoms with Crippen molar-refractivity contribution in [1.29, 1.82) is 0 Å². The topological polar surface area (TPSA) is 56.2 Å². The monoisotopic (exact) mass is 307 g/mol. The average molecular weight is 308 g/mol. The number of anilines is 1. The van der Waals surface area contributed by atoms with Gasteiger partial charge in [-0.05, 0) is 24.6 Å². The molecule has 0 unspecified atom stereocenters. The molecule has 0 spiro atoms. The number of nitrogens with one attached hydrogen (secondary N) is 1. The van der Waals surface area contributed by atoms with Crippen LogP contribution in [0.3, 0.4) is 0 Å². The van der Waals surface area contributed by atoms with Crippen molar-refractivity contribution in [2.45, 2.75) is 26.4 Å². The number of rotatable bonds is 6. The van der Waals surface area contributed by atoms with Crippen molar-refractivity contribution in [2.24, 2.45) is 0 Å². The predicted molar refractivity (Wildman–Crippen MR) is 82.6 cm³/mol. The van der Waals surface area contributed by atoms with E-state index in [1.54, 1.807) is 24.4 Å². The third-order valence-electron chi connectivity index (χ3n) is 3.09. The lowest BCUT2D eigenvalue weighted by molar-refractivity contribution is 0.0602. The number of ether oxygens (including phenoxy) is 1. The van der Waals surface area contributed by atoms with E-state index >= 15 is 0 Å². The van der Waals surface area contributed by atoms with Gasteiger partial charge in [0, 0.05) is 24.0 Å². The number of imidazole rings is 1. The Balaban J connectivity index is 2.17. The normalized spacial score (nSPS) is 10.4. The van der Waals surface area contributed by atoms with E-state index in [4.69, 9.17) is 16.3 Å². The second-order valence-corrected chi connectivity index (χ2v) is 5.01. The summed E-state index contributed by atoms with van der Waals surface area (Å²) in [4.78, 5) is 16.1. The van der Waals surface area contributed by atoms with Crippen LogP contribution in [0.15, 0.2) is 30.6 Å². The summed E-state index contributed by atoms with van der Waals surface area (Å²) < 4.78 is 6.85. The first-order valence-corrected chi connectivity index (χ1v) is 7.15. The summed E-state index contributed by atoms with van der Waals surface area (Å²) in [5.41, 5.74) is 1.09. The van der Waals surface area contributed by atoms with Crippen LogP contribution in [-0.4, -0.2) is 22.6 Å². The van der Waals surface area contributed by atoms with E-state index in [1.165, 1.54) is 7.11 Å². The molecule has 1 aromatic carbocycles. The molecule has 1 aromatic heterocycles. The van der Waals surface area contributed by atoms with Crippen LogP contribution in [0, 0.1) is 0 Å². The van der Waals surface area contributed by atoms with Gasteiger partial charge in [-0.15, -0.1) is 0 Å². The van der Waals surface area contributed by atoms with E-state index in [1.807, 2.05) is 6.20 Å². The van der Waals surface area contributed by atoms with E-state index in [9.17, 15) is 4.79 Å². The standard InChI is InChI=1S/C15H18ClN3O2/c1-3-7-19-8-6-17-14(19)10-18-13-9-11(16)4-5-12(13)15(20)21-2/h4-6,8-9,18H,3,7,10H2,1-2H3. The molecule has 0 amide bonds. The number of hydrogen-bond donors (Lipinski definition) is 1. The van der Waals surface area contributed by atoms with Gasteiger partial charge in [-0.25, -0.2) is 9.78 Å². The molecule has 1 heterocycles. The third-order valence-corrected chi connectivity index (χ3v) is 3.33. The molecule has 5 nitrogen and oxygen atoms in total. The summed E-state index contributed by atoms with van der Waals surface area (Å²) in [6, 6.07) is 5.02. The van der Waals surface area contributed by atoms with Crippen molar-refractivity contribution in [2.75, 3.05) is 12.4 Å². The van der Waals surface area contributed by atoms with Gasteiger partial charge in [-0.1, -0.05) is 18.5 Å². The van der Waals surface area contributed by atoms with Crippen molar-refractivity contribution < 1.29 is 9.53 Å². The van der Waals surface area contributed by atoms with Gasteiger partial charge in [0.25, 0.3) is 0 Å². The van der Waals surface area contributed by atoms with E-state index in [2.05, 4.69) is 21.8 Å². The Kier molecular flexibility index (Phi) is 5.22. The number of halogens is 1. The molecule has 0 saturated carbocycles. The summed E-state index contributed by atoms with van der Waals surface area (Å²) in [6.07, 6.45) is 4.75. The van der Waals surface area contributed by atoms with Crippen molar-refractivity contribution in [3.8, 4) is 0 Å². The zero-order chi connectivity index (χ0) is 15.2. The summed E-state index contributed by atoms with van der Waals surface area (Å²) in [6.45, 7) is 3.54. The molecule has 6 heteroatoms. The molecule has 21 heavy (non-hydrogen) atoms. The molecule has 0 atom stereocenters. The van der Waals surface area contributed by atoms with Crippen molar-refractivity contribution >= 4 is 23.3 Å². The third kappa shape index (κ3) is 3.76. The molecule has 0 fully saturated rings. The van der Waals surface area contributed by atoms with Crippen LogP contribution in [0.5, 0.6) is 0 Å². The summed E-state index contributed by atoms with van der Waals surface area (Å²) in [5.74, 6) is 0.513. The highest BCUT2D eigenvalue weighted by Crippen LogP contribution is 2.22. The first kappa shape index (κ1) is 15.4. The highest BCUT2D eigenvalue weighted by atomic mass is 35.5. The molecule has 0 aliphatic carbocycles. The van der Waals surface area contributed by atoms with Crippen LogP contribution >= 0.6 is 11.6 Å². The average Bonchev–Trinajstić information content (AvgIpc) is 2.92. The number of aromatic nitrogens is 2. The number of hydrogen-bond acceptors (Lipinski definition) is 4. The Morgan fingerprint density at radius 1 is 1.48 bits per heavy atom. The molecule has 0 bridgehead atoms. The minimum Gasteiger partial charge on any atom is -0.465 e. The molecule has 2 rings (SSSR count). The highest BCUT2D eigenvalue weighted by Gasteiger charge is 2.12. The zero-order valence-corrected chi connectivity index (χ0v) is 12.9. The van der Waals surface area contributed by atoms with Crippen LogP contribution in [-0.2, 0) is 17.8 Å². The minimum atomic E-state index is -0.397. The molecule has 0 saturated heterocycles. The summed E-state index contributed by atoms with van der Waals surface area (Å²) in [5, 5.41) is 3.76. The lowest BCUT2D eigenvalue weighted by atomic mass is 10.2. The molecular weight excluding hydrogens is 290 g/mol.